The summed E-state index contributed by atoms with van der Waals surface area (Å²) in [5.41, 5.74) is 0. The third-order valence-electron chi connectivity index (χ3n) is 4.00. The summed E-state index contributed by atoms with van der Waals surface area (Å²) >= 11 is 0. The predicted molar refractivity (Wildman–Crippen MR) is 65.9 cm³/mol. The molecule has 0 radical (unpaired) electrons. The Morgan fingerprint density at radius 2 is 1.33 bits per heavy atom. The molecular weight excluding hydrogens is 184 g/mol. The van der Waals surface area contributed by atoms with E-state index in [4.69, 9.17) is 0 Å². The lowest BCUT2D eigenvalue weighted by Crippen LogP contribution is -2.26. The zero-order chi connectivity index (χ0) is 11.1. The highest BCUT2D eigenvalue weighted by Gasteiger charge is 2.28. The summed E-state index contributed by atoms with van der Waals surface area (Å²) in [5.74, 6) is 1.83. The first-order chi connectivity index (χ1) is 7.36. The van der Waals surface area contributed by atoms with E-state index in [1.54, 1.807) is 0 Å². The molecular formula is C14H28O. The highest BCUT2D eigenvalue weighted by atomic mass is 16.3. The van der Waals surface area contributed by atoms with Crippen molar-refractivity contribution in [1.29, 1.82) is 0 Å². The van der Waals surface area contributed by atoms with Crippen molar-refractivity contribution in [2.24, 2.45) is 11.8 Å². The van der Waals surface area contributed by atoms with Crippen LogP contribution in [-0.4, -0.2) is 11.2 Å². The normalized spacial score (nSPS) is 33.0. The van der Waals surface area contributed by atoms with E-state index in [1.165, 1.54) is 44.9 Å². The standard InChI is InChI=1S/C12H22O.C2H6/c13-12-8-4-7-11(9-12)10-5-2-1-3-6-10;1-2/h10-13H,1-9H2;1-2H3. The lowest BCUT2D eigenvalue weighted by molar-refractivity contribution is 0.0699. The van der Waals surface area contributed by atoms with Gasteiger partial charge in [-0.05, 0) is 31.1 Å². The average molecular weight is 212 g/mol. The molecule has 0 aromatic rings. The monoisotopic (exact) mass is 212 g/mol. The van der Waals surface area contributed by atoms with Gasteiger partial charge in [-0.1, -0.05) is 52.4 Å². The Morgan fingerprint density at radius 3 is 1.93 bits per heavy atom. The molecule has 0 amide bonds. The summed E-state index contributed by atoms with van der Waals surface area (Å²) in [5, 5.41) is 9.61. The van der Waals surface area contributed by atoms with Crippen molar-refractivity contribution in [2.45, 2.75) is 77.7 Å². The Hall–Kier alpha value is -0.0400. The van der Waals surface area contributed by atoms with E-state index in [0.29, 0.717) is 0 Å². The molecule has 2 atom stereocenters. The zero-order valence-electron chi connectivity index (χ0n) is 10.5. The van der Waals surface area contributed by atoms with Crippen LogP contribution in [0.2, 0.25) is 0 Å². The van der Waals surface area contributed by atoms with Crippen molar-refractivity contribution in [1.82, 2.24) is 0 Å². The van der Waals surface area contributed by atoms with E-state index >= 15 is 0 Å². The third kappa shape index (κ3) is 4.14. The molecule has 0 saturated heterocycles. The number of aliphatic hydroxyl groups excluding tert-OH is 1. The van der Waals surface area contributed by atoms with Gasteiger partial charge in [0.2, 0.25) is 0 Å². The van der Waals surface area contributed by atoms with Crippen molar-refractivity contribution in [3.8, 4) is 0 Å². The Kier molecular flexibility index (Phi) is 6.31. The molecule has 0 spiro atoms. The maximum atomic E-state index is 9.61. The van der Waals surface area contributed by atoms with Gasteiger partial charge in [0.1, 0.15) is 0 Å². The van der Waals surface area contributed by atoms with Crippen molar-refractivity contribution < 1.29 is 5.11 Å². The quantitative estimate of drug-likeness (QED) is 0.692. The van der Waals surface area contributed by atoms with Crippen LogP contribution in [0.25, 0.3) is 0 Å². The lowest BCUT2D eigenvalue weighted by Gasteiger charge is -2.34. The van der Waals surface area contributed by atoms with Gasteiger partial charge in [-0.15, -0.1) is 0 Å². The second-order valence-electron chi connectivity index (χ2n) is 4.98. The molecule has 2 rings (SSSR count). The molecule has 0 heterocycles. The zero-order valence-corrected chi connectivity index (χ0v) is 10.5. The van der Waals surface area contributed by atoms with Gasteiger partial charge in [0.15, 0.2) is 0 Å². The first kappa shape index (κ1) is 13.0. The molecule has 2 unspecified atom stereocenters. The van der Waals surface area contributed by atoms with Crippen LogP contribution < -0.4 is 0 Å². The van der Waals surface area contributed by atoms with Crippen LogP contribution in [0.5, 0.6) is 0 Å². The van der Waals surface area contributed by atoms with E-state index in [9.17, 15) is 5.11 Å². The first-order valence-electron chi connectivity index (χ1n) is 7.04. The smallest absolute Gasteiger partial charge is 0.0543 e. The second-order valence-corrected chi connectivity index (χ2v) is 4.98. The van der Waals surface area contributed by atoms with Crippen LogP contribution in [0.4, 0.5) is 0 Å². The topological polar surface area (TPSA) is 20.2 Å². The summed E-state index contributed by atoms with van der Waals surface area (Å²) in [4.78, 5) is 0. The van der Waals surface area contributed by atoms with Gasteiger partial charge in [0.05, 0.1) is 6.10 Å². The summed E-state index contributed by atoms with van der Waals surface area (Å²) in [6, 6.07) is 0. The van der Waals surface area contributed by atoms with Gasteiger partial charge < -0.3 is 5.11 Å². The SMILES string of the molecule is CC.OC1CCCC(C2CCCCC2)C1. The lowest BCUT2D eigenvalue weighted by atomic mass is 9.73. The van der Waals surface area contributed by atoms with E-state index in [-0.39, 0.29) is 6.10 Å². The summed E-state index contributed by atoms with van der Waals surface area (Å²) in [6.07, 6.45) is 12.1. The number of hydrogen-bond donors (Lipinski definition) is 1. The van der Waals surface area contributed by atoms with Crippen molar-refractivity contribution in [2.75, 3.05) is 0 Å². The third-order valence-corrected chi connectivity index (χ3v) is 4.00. The summed E-state index contributed by atoms with van der Waals surface area (Å²) in [6.45, 7) is 4.00. The molecule has 1 heteroatoms. The number of hydrogen-bond acceptors (Lipinski definition) is 1. The molecule has 0 aromatic carbocycles. The first-order valence-corrected chi connectivity index (χ1v) is 7.04. The van der Waals surface area contributed by atoms with Gasteiger partial charge in [-0.3, -0.25) is 0 Å². The predicted octanol–water partition coefficient (Wildman–Crippen LogP) is 4.14. The minimum Gasteiger partial charge on any atom is -0.393 e. The molecule has 0 aliphatic heterocycles. The van der Waals surface area contributed by atoms with Crippen molar-refractivity contribution in [3.05, 3.63) is 0 Å². The van der Waals surface area contributed by atoms with Crippen molar-refractivity contribution in [3.63, 3.8) is 0 Å². The van der Waals surface area contributed by atoms with Crippen LogP contribution in [-0.2, 0) is 0 Å². The van der Waals surface area contributed by atoms with Crippen LogP contribution in [0.3, 0.4) is 0 Å². The van der Waals surface area contributed by atoms with Crippen LogP contribution >= 0.6 is 0 Å². The fraction of sp³-hybridized carbons (Fsp3) is 1.00. The number of rotatable bonds is 1. The summed E-state index contributed by atoms with van der Waals surface area (Å²) < 4.78 is 0. The van der Waals surface area contributed by atoms with Crippen molar-refractivity contribution >= 4 is 0 Å². The molecule has 1 N–H and O–H groups in total. The van der Waals surface area contributed by atoms with Gasteiger partial charge in [0.25, 0.3) is 0 Å². The maximum Gasteiger partial charge on any atom is 0.0543 e. The Labute approximate surface area is 95.3 Å². The molecule has 1 nitrogen and oxygen atoms in total. The second kappa shape index (κ2) is 7.27. The van der Waals surface area contributed by atoms with E-state index in [2.05, 4.69) is 0 Å². The van der Waals surface area contributed by atoms with E-state index in [1.807, 2.05) is 13.8 Å². The fourth-order valence-electron chi connectivity index (χ4n) is 3.23. The Morgan fingerprint density at radius 1 is 0.733 bits per heavy atom. The molecule has 2 fully saturated rings. The van der Waals surface area contributed by atoms with E-state index < -0.39 is 0 Å². The minimum atomic E-state index is 0.0284. The van der Waals surface area contributed by atoms with Crippen LogP contribution in [0, 0.1) is 11.8 Å². The van der Waals surface area contributed by atoms with Crippen LogP contribution in [0.15, 0.2) is 0 Å². The van der Waals surface area contributed by atoms with Gasteiger partial charge in [-0.2, -0.15) is 0 Å². The molecule has 2 aliphatic carbocycles. The van der Waals surface area contributed by atoms with Gasteiger partial charge in [-0.25, -0.2) is 0 Å². The molecule has 0 aromatic heterocycles. The highest BCUT2D eigenvalue weighted by Crippen LogP contribution is 2.38. The molecule has 15 heavy (non-hydrogen) atoms. The molecule has 90 valence electrons. The van der Waals surface area contributed by atoms with E-state index in [0.717, 1.165) is 24.7 Å². The number of aliphatic hydroxyl groups is 1. The Balaban J connectivity index is 0.000000531. The molecule has 2 saturated carbocycles. The van der Waals surface area contributed by atoms with Crippen LogP contribution in [0.1, 0.15) is 71.6 Å². The largest absolute Gasteiger partial charge is 0.393 e. The molecule has 2 aliphatic rings. The van der Waals surface area contributed by atoms with Gasteiger partial charge in [0, 0.05) is 0 Å². The fourth-order valence-corrected chi connectivity index (χ4v) is 3.23. The maximum absolute atomic E-state index is 9.61. The van der Waals surface area contributed by atoms with Gasteiger partial charge >= 0.3 is 0 Å². The highest BCUT2D eigenvalue weighted by molar-refractivity contribution is 4.79. The minimum absolute atomic E-state index is 0.0284. The molecule has 0 bridgehead atoms. The summed E-state index contributed by atoms with van der Waals surface area (Å²) in [7, 11) is 0. The Bertz CT molecular complexity index is 149. The average Bonchev–Trinajstić information content (AvgIpc) is 2.33.